The molecule has 0 aliphatic rings. The first-order chi connectivity index (χ1) is 8.80. The van der Waals surface area contributed by atoms with Crippen molar-refractivity contribution in [2.45, 2.75) is 32.7 Å². The number of nitrogens with zero attached hydrogens (tertiary/aromatic N) is 2. The number of anilines is 1. The van der Waals surface area contributed by atoms with Crippen LogP contribution in [0.2, 0.25) is 0 Å². The highest BCUT2D eigenvalue weighted by atomic mass is 32.1. The van der Waals surface area contributed by atoms with E-state index in [1.165, 1.54) is 4.70 Å². The van der Waals surface area contributed by atoms with Crippen molar-refractivity contribution in [2.75, 3.05) is 18.1 Å². The van der Waals surface area contributed by atoms with Crippen LogP contribution in [0.1, 0.15) is 26.7 Å². The molecule has 0 unspecified atom stereocenters. The van der Waals surface area contributed by atoms with Crippen molar-refractivity contribution in [1.82, 2.24) is 4.98 Å². The molecule has 4 heteroatoms. The van der Waals surface area contributed by atoms with E-state index in [-0.39, 0.29) is 6.61 Å². The molecular weight excluding hydrogens is 244 g/mol. The first kappa shape index (κ1) is 13.3. The van der Waals surface area contributed by atoms with Crippen molar-refractivity contribution < 1.29 is 5.11 Å². The molecule has 1 aromatic heterocycles. The van der Waals surface area contributed by atoms with Gasteiger partial charge in [-0.2, -0.15) is 0 Å². The monoisotopic (exact) mass is 264 g/mol. The minimum Gasteiger partial charge on any atom is -0.395 e. The van der Waals surface area contributed by atoms with E-state index in [1.807, 2.05) is 18.2 Å². The number of fused-ring (bicyclic) bond motifs is 1. The number of hydrogen-bond acceptors (Lipinski definition) is 4. The molecule has 0 radical (unpaired) electrons. The average Bonchev–Trinajstić information content (AvgIpc) is 2.82. The molecule has 1 N–H and O–H groups in total. The Bertz CT molecular complexity index is 460. The normalized spacial score (nSPS) is 11.3. The number of aliphatic hydroxyl groups is 1. The molecule has 1 heterocycles. The van der Waals surface area contributed by atoms with Gasteiger partial charge < -0.3 is 10.0 Å². The van der Waals surface area contributed by atoms with Crippen LogP contribution in [-0.4, -0.2) is 29.3 Å². The molecular formula is C14H20N2OS. The molecule has 0 aliphatic carbocycles. The molecule has 3 nitrogen and oxygen atoms in total. The number of para-hydroxylation sites is 1. The summed E-state index contributed by atoms with van der Waals surface area (Å²) in [4.78, 5) is 6.92. The standard InChI is InChI=1S/C14H20N2OS/c1-3-11(4-2)16(9-10-17)14-15-12-7-5-6-8-13(12)18-14/h5-8,11,17H,3-4,9-10H2,1-2H3. The molecule has 0 amide bonds. The summed E-state index contributed by atoms with van der Waals surface area (Å²) in [5.41, 5.74) is 1.05. The van der Waals surface area contributed by atoms with Gasteiger partial charge in [-0.1, -0.05) is 37.3 Å². The molecule has 98 valence electrons. The lowest BCUT2D eigenvalue weighted by Crippen LogP contribution is -2.36. The van der Waals surface area contributed by atoms with E-state index in [0.29, 0.717) is 12.6 Å². The lowest BCUT2D eigenvalue weighted by Gasteiger charge is -2.29. The predicted octanol–water partition coefficient (Wildman–Crippen LogP) is 3.28. The van der Waals surface area contributed by atoms with Gasteiger partial charge in [0.15, 0.2) is 5.13 Å². The third-order valence-corrected chi connectivity index (χ3v) is 4.33. The van der Waals surface area contributed by atoms with Gasteiger partial charge in [0, 0.05) is 12.6 Å². The number of rotatable bonds is 6. The fourth-order valence-electron chi connectivity index (χ4n) is 2.25. The molecule has 0 fully saturated rings. The van der Waals surface area contributed by atoms with Crippen molar-refractivity contribution in [1.29, 1.82) is 0 Å². The van der Waals surface area contributed by atoms with Gasteiger partial charge in [0.2, 0.25) is 0 Å². The van der Waals surface area contributed by atoms with Gasteiger partial charge in [-0.25, -0.2) is 4.98 Å². The van der Waals surface area contributed by atoms with Gasteiger partial charge in [-0.15, -0.1) is 0 Å². The van der Waals surface area contributed by atoms with Crippen LogP contribution in [0.3, 0.4) is 0 Å². The van der Waals surface area contributed by atoms with Gasteiger partial charge in [0.05, 0.1) is 16.8 Å². The van der Waals surface area contributed by atoms with Crippen LogP contribution < -0.4 is 4.90 Å². The molecule has 2 rings (SSSR count). The minimum absolute atomic E-state index is 0.173. The number of aliphatic hydroxyl groups excluding tert-OH is 1. The summed E-state index contributed by atoms with van der Waals surface area (Å²) < 4.78 is 1.21. The topological polar surface area (TPSA) is 36.4 Å². The molecule has 2 aromatic rings. The fourth-order valence-corrected chi connectivity index (χ4v) is 3.32. The van der Waals surface area contributed by atoms with Gasteiger partial charge in [0.25, 0.3) is 0 Å². The van der Waals surface area contributed by atoms with Crippen LogP contribution in [0.5, 0.6) is 0 Å². The van der Waals surface area contributed by atoms with E-state index in [2.05, 4.69) is 29.8 Å². The molecule has 1 aromatic carbocycles. The van der Waals surface area contributed by atoms with Crippen LogP contribution in [0.25, 0.3) is 10.2 Å². The number of aromatic nitrogens is 1. The maximum Gasteiger partial charge on any atom is 0.186 e. The van der Waals surface area contributed by atoms with E-state index in [0.717, 1.165) is 23.5 Å². The number of hydrogen-bond donors (Lipinski definition) is 1. The third kappa shape index (κ3) is 2.65. The number of benzene rings is 1. The first-order valence-electron chi connectivity index (χ1n) is 6.53. The third-order valence-electron chi connectivity index (χ3n) is 3.25. The Morgan fingerprint density at radius 1 is 1.28 bits per heavy atom. The zero-order valence-electron chi connectivity index (χ0n) is 11.0. The molecule has 0 spiro atoms. The van der Waals surface area contributed by atoms with Crippen LogP contribution in [0.4, 0.5) is 5.13 Å². The van der Waals surface area contributed by atoms with Crippen molar-refractivity contribution in [3.8, 4) is 0 Å². The molecule has 18 heavy (non-hydrogen) atoms. The molecule has 0 bridgehead atoms. The summed E-state index contributed by atoms with van der Waals surface area (Å²) >= 11 is 1.71. The maximum atomic E-state index is 9.25. The average molecular weight is 264 g/mol. The highest BCUT2D eigenvalue weighted by Crippen LogP contribution is 2.30. The van der Waals surface area contributed by atoms with Gasteiger partial charge in [-0.3, -0.25) is 0 Å². The quantitative estimate of drug-likeness (QED) is 0.870. The second-order valence-corrected chi connectivity index (χ2v) is 5.36. The second-order valence-electron chi connectivity index (χ2n) is 4.35. The molecule has 0 aliphatic heterocycles. The summed E-state index contributed by atoms with van der Waals surface area (Å²) in [6.07, 6.45) is 2.15. The van der Waals surface area contributed by atoms with E-state index < -0.39 is 0 Å². The summed E-state index contributed by atoms with van der Waals surface area (Å²) in [5, 5.41) is 10.3. The zero-order valence-corrected chi connectivity index (χ0v) is 11.8. The summed E-state index contributed by atoms with van der Waals surface area (Å²) in [6, 6.07) is 8.65. The fraction of sp³-hybridized carbons (Fsp3) is 0.500. The molecule has 0 atom stereocenters. The zero-order chi connectivity index (χ0) is 13.0. The van der Waals surface area contributed by atoms with Crippen molar-refractivity contribution >= 4 is 26.7 Å². The lowest BCUT2D eigenvalue weighted by atomic mass is 10.1. The Morgan fingerprint density at radius 2 is 2.00 bits per heavy atom. The molecule has 0 saturated carbocycles. The highest BCUT2D eigenvalue weighted by Gasteiger charge is 2.18. The Morgan fingerprint density at radius 3 is 2.61 bits per heavy atom. The summed E-state index contributed by atoms with van der Waals surface area (Å²) in [7, 11) is 0. The predicted molar refractivity (Wildman–Crippen MR) is 78.4 cm³/mol. The molecule has 0 saturated heterocycles. The number of thiazole rings is 1. The first-order valence-corrected chi connectivity index (χ1v) is 7.34. The largest absolute Gasteiger partial charge is 0.395 e. The van der Waals surface area contributed by atoms with Crippen LogP contribution >= 0.6 is 11.3 Å². The highest BCUT2D eigenvalue weighted by molar-refractivity contribution is 7.22. The van der Waals surface area contributed by atoms with E-state index in [1.54, 1.807) is 11.3 Å². The smallest absolute Gasteiger partial charge is 0.186 e. The SMILES string of the molecule is CCC(CC)N(CCO)c1nc2ccccc2s1. The van der Waals surface area contributed by atoms with E-state index in [9.17, 15) is 5.11 Å². The van der Waals surface area contributed by atoms with E-state index in [4.69, 9.17) is 0 Å². The van der Waals surface area contributed by atoms with Gasteiger partial charge >= 0.3 is 0 Å². The van der Waals surface area contributed by atoms with Gasteiger partial charge in [0.1, 0.15) is 0 Å². The Kier molecular flexibility index (Phi) is 4.55. The Labute approximate surface area is 112 Å². The Hall–Kier alpha value is -1.13. The maximum absolute atomic E-state index is 9.25. The lowest BCUT2D eigenvalue weighted by molar-refractivity contribution is 0.296. The van der Waals surface area contributed by atoms with Crippen LogP contribution in [0, 0.1) is 0 Å². The van der Waals surface area contributed by atoms with E-state index >= 15 is 0 Å². The van der Waals surface area contributed by atoms with Crippen LogP contribution in [0.15, 0.2) is 24.3 Å². The Balaban J connectivity index is 2.34. The summed E-state index contributed by atoms with van der Waals surface area (Å²) in [5.74, 6) is 0. The second kappa shape index (κ2) is 6.16. The van der Waals surface area contributed by atoms with Gasteiger partial charge in [-0.05, 0) is 25.0 Å². The van der Waals surface area contributed by atoms with Crippen molar-refractivity contribution in [3.63, 3.8) is 0 Å². The minimum atomic E-state index is 0.173. The van der Waals surface area contributed by atoms with Crippen molar-refractivity contribution in [3.05, 3.63) is 24.3 Å². The van der Waals surface area contributed by atoms with Crippen LogP contribution in [-0.2, 0) is 0 Å². The van der Waals surface area contributed by atoms with Crippen molar-refractivity contribution in [2.24, 2.45) is 0 Å². The summed E-state index contributed by atoms with van der Waals surface area (Å²) in [6.45, 7) is 5.20.